The predicted octanol–water partition coefficient (Wildman–Crippen LogP) is 2.91. The number of methoxy groups -OCH3 is 1. The third-order valence-electron chi connectivity index (χ3n) is 5.70. The Morgan fingerprint density at radius 1 is 1.39 bits per heavy atom. The van der Waals surface area contributed by atoms with E-state index < -0.39 is 17.9 Å². The number of aromatic nitrogens is 5. The summed E-state index contributed by atoms with van der Waals surface area (Å²) in [6.45, 7) is 2.17. The third-order valence-corrected chi connectivity index (χ3v) is 5.70. The summed E-state index contributed by atoms with van der Waals surface area (Å²) in [7, 11) is 1.63. The van der Waals surface area contributed by atoms with Crippen LogP contribution in [0.3, 0.4) is 0 Å². The summed E-state index contributed by atoms with van der Waals surface area (Å²) >= 11 is 0. The van der Waals surface area contributed by atoms with Crippen LogP contribution in [0.4, 0.5) is 8.78 Å². The van der Waals surface area contributed by atoms with Gasteiger partial charge in [0.2, 0.25) is 5.92 Å². The molecular formula is C20H24F2N6O3. The van der Waals surface area contributed by atoms with Gasteiger partial charge in [0.1, 0.15) is 5.69 Å². The standard InChI is InChI=1S/C20H24F2N6O3/c1-12-17(27-31-26-12)19(29)25-18(14-3-6-20(21,22)7-4-14)15-11-28-16(24-15)9-13(10-23-28)5-8-30-2/h9-11,14,18H,3-8H2,1-2H3,(H,25,29)/t18-/m0/s1. The molecule has 0 bridgehead atoms. The number of ether oxygens (including phenoxy) is 1. The normalized spacial score (nSPS) is 17.7. The minimum Gasteiger partial charge on any atom is -0.384 e. The number of nitrogens with zero attached hydrogens (tertiary/aromatic N) is 5. The van der Waals surface area contributed by atoms with Crippen LogP contribution in [0.25, 0.3) is 5.65 Å². The van der Waals surface area contributed by atoms with Gasteiger partial charge in [0, 0.05) is 20.0 Å². The van der Waals surface area contributed by atoms with E-state index in [0.29, 0.717) is 30.1 Å². The molecule has 0 radical (unpaired) electrons. The van der Waals surface area contributed by atoms with E-state index in [1.807, 2.05) is 6.07 Å². The molecule has 1 saturated carbocycles. The maximum atomic E-state index is 13.7. The van der Waals surface area contributed by atoms with Crippen LogP contribution < -0.4 is 5.32 Å². The monoisotopic (exact) mass is 434 g/mol. The molecule has 3 aromatic heterocycles. The summed E-state index contributed by atoms with van der Waals surface area (Å²) in [6.07, 6.45) is 4.25. The fraction of sp³-hybridized carbons (Fsp3) is 0.550. The number of halogens is 2. The summed E-state index contributed by atoms with van der Waals surface area (Å²) in [5.41, 5.74) is 2.56. The molecule has 0 unspecified atom stereocenters. The van der Waals surface area contributed by atoms with E-state index in [-0.39, 0.29) is 37.3 Å². The topological polar surface area (TPSA) is 107 Å². The first-order chi connectivity index (χ1) is 14.9. The Balaban J connectivity index is 1.63. The van der Waals surface area contributed by atoms with Crippen LogP contribution in [-0.4, -0.2) is 50.5 Å². The average molecular weight is 434 g/mol. The van der Waals surface area contributed by atoms with Gasteiger partial charge in [0.15, 0.2) is 11.3 Å². The van der Waals surface area contributed by atoms with Crippen LogP contribution in [0.2, 0.25) is 0 Å². The lowest BCUT2D eigenvalue weighted by atomic mass is 9.81. The van der Waals surface area contributed by atoms with Crippen molar-refractivity contribution in [1.29, 1.82) is 0 Å². The zero-order valence-corrected chi connectivity index (χ0v) is 17.3. The van der Waals surface area contributed by atoms with Crippen LogP contribution in [-0.2, 0) is 11.2 Å². The summed E-state index contributed by atoms with van der Waals surface area (Å²) in [5.74, 6) is -3.34. The molecule has 0 aliphatic heterocycles. The molecule has 0 aromatic carbocycles. The van der Waals surface area contributed by atoms with Gasteiger partial charge in [-0.25, -0.2) is 22.9 Å². The Morgan fingerprint density at radius 2 is 2.16 bits per heavy atom. The fourth-order valence-corrected chi connectivity index (χ4v) is 3.92. The fourth-order valence-electron chi connectivity index (χ4n) is 3.92. The number of hydrogen-bond acceptors (Lipinski definition) is 7. The second kappa shape index (κ2) is 8.66. The van der Waals surface area contributed by atoms with Gasteiger partial charge in [0.25, 0.3) is 5.91 Å². The van der Waals surface area contributed by atoms with E-state index in [0.717, 1.165) is 5.56 Å². The molecular weight excluding hydrogens is 410 g/mol. The van der Waals surface area contributed by atoms with Gasteiger partial charge in [-0.1, -0.05) is 5.16 Å². The van der Waals surface area contributed by atoms with Gasteiger partial charge < -0.3 is 10.1 Å². The maximum absolute atomic E-state index is 13.7. The first kappa shape index (κ1) is 21.3. The first-order valence-electron chi connectivity index (χ1n) is 10.2. The average Bonchev–Trinajstić information content (AvgIpc) is 3.36. The van der Waals surface area contributed by atoms with Crippen LogP contribution in [0.1, 0.15) is 59.2 Å². The lowest BCUT2D eigenvalue weighted by Gasteiger charge is -2.33. The lowest BCUT2D eigenvalue weighted by Crippen LogP contribution is -2.37. The highest BCUT2D eigenvalue weighted by atomic mass is 19.3. The van der Waals surface area contributed by atoms with Crippen molar-refractivity contribution in [2.75, 3.05) is 13.7 Å². The van der Waals surface area contributed by atoms with Crippen molar-refractivity contribution in [2.45, 2.75) is 51.0 Å². The van der Waals surface area contributed by atoms with E-state index in [1.165, 1.54) is 0 Å². The van der Waals surface area contributed by atoms with Crippen LogP contribution in [0, 0.1) is 12.8 Å². The number of carbonyl (C=O) groups excluding carboxylic acids is 1. The smallest absolute Gasteiger partial charge is 0.276 e. The molecule has 3 heterocycles. The van der Waals surface area contributed by atoms with Crippen LogP contribution in [0.15, 0.2) is 23.1 Å². The van der Waals surface area contributed by atoms with Gasteiger partial charge >= 0.3 is 0 Å². The summed E-state index contributed by atoms with van der Waals surface area (Å²) in [5, 5.41) is 14.6. The van der Waals surface area contributed by atoms with Crippen molar-refractivity contribution >= 4 is 11.6 Å². The molecule has 31 heavy (non-hydrogen) atoms. The second-order valence-corrected chi connectivity index (χ2v) is 7.92. The van der Waals surface area contributed by atoms with Crippen LogP contribution in [0.5, 0.6) is 0 Å². The van der Waals surface area contributed by atoms with Crippen molar-refractivity contribution in [3.05, 3.63) is 41.1 Å². The Labute approximate surface area is 177 Å². The molecule has 4 rings (SSSR count). The van der Waals surface area contributed by atoms with E-state index in [2.05, 4.69) is 30.3 Å². The highest BCUT2D eigenvalue weighted by molar-refractivity contribution is 5.93. The number of hydrogen-bond donors (Lipinski definition) is 1. The second-order valence-electron chi connectivity index (χ2n) is 7.92. The molecule has 3 aromatic rings. The molecule has 11 heteroatoms. The maximum Gasteiger partial charge on any atom is 0.276 e. The number of amides is 1. The van der Waals surface area contributed by atoms with E-state index in [1.54, 1.807) is 30.9 Å². The summed E-state index contributed by atoms with van der Waals surface area (Å²) < 4.78 is 38.8. The molecule has 1 N–H and O–H groups in total. The SMILES string of the molecule is COCCc1cnn2cc([C@@H](NC(=O)c3nonc3C)C3CCC(F)(F)CC3)nc2c1. The number of alkyl halides is 2. The quantitative estimate of drug-likeness (QED) is 0.609. The summed E-state index contributed by atoms with van der Waals surface area (Å²) in [4.78, 5) is 17.4. The molecule has 1 aliphatic rings. The Hall–Kier alpha value is -2.95. The van der Waals surface area contributed by atoms with Crippen LogP contribution >= 0.6 is 0 Å². The minimum absolute atomic E-state index is 0.0647. The largest absolute Gasteiger partial charge is 0.384 e. The highest BCUT2D eigenvalue weighted by Crippen LogP contribution is 2.41. The van der Waals surface area contributed by atoms with Crippen molar-refractivity contribution in [2.24, 2.45) is 5.92 Å². The first-order valence-corrected chi connectivity index (χ1v) is 10.2. The molecule has 1 amide bonds. The lowest BCUT2D eigenvalue weighted by molar-refractivity contribution is -0.0495. The van der Waals surface area contributed by atoms with Gasteiger partial charge in [-0.3, -0.25) is 4.79 Å². The van der Waals surface area contributed by atoms with Gasteiger partial charge in [-0.15, -0.1) is 0 Å². The number of fused-ring (bicyclic) bond motifs is 1. The number of rotatable bonds is 7. The molecule has 1 fully saturated rings. The highest BCUT2D eigenvalue weighted by Gasteiger charge is 2.39. The number of imidazole rings is 1. The molecule has 0 spiro atoms. The minimum atomic E-state index is -2.67. The zero-order chi connectivity index (χ0) is 22.0. The zero-order valence-electron chi connectivity index (χ0n) is 17.3. The van der Waals surface area contributed by atoms with Gasteiger partial charge in [-0.2, -0.15) is 5.10 Å². The van der Waals surface area contributed by atoms with E-state index in [9.17, 15) is 13.6 Å². The van der Waals surface area contributed by atoms with E-state index >= 15 is 0 Å². The van der Waals surface area contributed by atoms with Crippen molar-refractivity contribution < 1.29 is 22.9 Å². The molecule has 1 aliphatic carbocycles. The van der Waals surface area contributed by atoms with Gasteiger partial charge in [0.05, 0.1) is 30.7 Å². The Morgan fingerprint density at radius 3 is 2.84 bits per heavy atom. The number of nitrogens with one attached hydrogen (secondary N) is 1. The molecule has 9 nitrogen and oxygen atoms in total. The van der Waals surface area contributed by atoms with Crippen molar-refractivity contribution in [1.82, 2.24) is 30.2 Å². The molecule has 0 saturated heterocycles. The Kier molecular flexibility index (Phi) is 5.94. The molecule has 166 valence electrons. The predicted molar refractivity (Wildman–Crippen MR) is 105 cm³/mol. The number of aryl methyl sites for hydroxylation is 1. The number of carbonyl (C=O) groups is 1. The van der Waals surface area contributed by atoms with Crippen molar-refractivity contribution in [3.63, 3.8) is 0 Å². The van der Waals surface area contributed by atoms with Gasteiger partial charge in [-0.05, 0) is 48.9 Å². The van der Waals surface area contributed by atoms with Crippen molar-refractivity contribution in [3.8, 4) is 0 Å². The Bertz CT molecular complexity index is 1060. The third kappa shape index (κ3) is 4.71. The van der Waals surface area contributed by atoms with E-state index in [4.69, 9.17) is 4.74 Å². The molecule has 1 atom stereocenters. The summed E-state index contributed by atoms with van der Waals surface area (Å²) in [6, 6.07) is 1.33.